The molecule has 0 radical (unpaired) electrons. The summed E-state index contributed by atoms with van der Waals surface area (Å²) in [6.45, 7) is 1.97. The lowest BCUT2D eigenvalue weighted by Gasteiger charge is -2.25. The van der Waals surface area contributed by atoms with Crippen molar-refractivity contribution in [2.24, 2.45) is 0 Å². The van der Waals surface area contributed by atoms with Crippen LogP contribution in [-0.2, 0) is 4.79 Å². The van der Waals surface area contributed by atoms with Gasteiger partial charge in [0.2, 0.25) is 5.91 Å². The molecule has 1 atom stereocenters. The van der Waals surface area contributed by atoms with Gasteiger partial charge in [-0.15, -0.1) is 11.8 Å². The molecule has 1 unspecified atom stereocenters. The SMILES string of the molecule is CCSC1=C(C#N)C(c2ccc(Cl)cc2Cl)CC(=O)N1. The maximum Gasteiger partial charge on any atom is 0.225 e. The highest BCUT2D eigenvalue weighted by Gasteiger charge is 2.30. The molecule has 0 aliphatic carbocycles. The zero-order chi connectivity index (χ0) is 14.7. The predicted octanol–water partition coefficient (Wildman–Crippen LogP) is 4.09. The third-order valence-corrected chi connectivity index (χ3v) is 4.44. The zero-order valence-electron chi connectivity index (χ0n) is 10.7. The molecule has 1 N–H and O–H groups in total. The topological polar surface area (TPSA) is 52.9 Å². The number of amides is 1. The van der Waals surface area contributed by atoms with Crippen molar-refractivity contribution < 1.29 is 4.79 Å². The molecule has 0 fully saturated rings. The summed E-state index contributed by atoms with van der Waals surface area (Å²) in [6.07, 6.45) is 0.220. The Morgan fingerprint density at radius 3 is 2.85 bits per heavy atom. The van der Waals surface area contributed by atoms with Crippen LogP contribution in [0.15, 0.2) is 28.8 Å². The third-order valence-electron chi connectivity index (χ3n) is 2.98. The van der Waals surface area contributed by atoms with E-state index in [0.717, 1.165) is 11.3 Å². The van der Waals surface area contributed by atoms with Crippen LogP contribution in [0.5, 0.6) is 0 Å². The Labute approximate surface area is 131 Å². The zero-order valence-corrected chi connectivity index (χ0v) is 13.1. The van der Waals surface area contributed by atoms with Crippen molar-refractivity contribution in [2.45, 2.75) is 19.3 Å². The Kier molecular flexibility index (Phi) is 4.98. The molecule has 3 nitrogen and oxygen atoms in total. The Balaban J connectivity index is 2.50. The first-order valence-corrected chi connectivity index (χ1v) is 7.82. The van der Waals surface area contributed by atoms with E-state index in [0.29, 0.717) is 20.6 Å². The van der Waals surface area contributed by atoms with E-state index in [2.05, 4.69) is 11.4 Å². The average molecular weight is 327 g/mol. The van der Waals surface area contributed by atoms with Crippen LogP contribution in [0, 0.1) is 11.3 Å². The average Bonchev–Trinajstić information content (AvgIpc) is 2.38. The minimum atomic E-state index is -0.312. The van der Waals surface area contributed by atoms with E-state index in [4.69, 9.17) is 23.2 Å². The van der Waals surface area contributed by atoms with E-state index in [1.165, 1.54) is 11.8 Å². The number of hydrogen-bond acceptors (Lipinski definition) is 3. The van der Waals surface area contributed by atoms with Gasteiger partial charge in [-0.2, -0.15) is 5.26 Å². The number of carbonyl (C=O) groups is 1. The van der Waals surface area contributed by atoms with E-state index in [1.54, 1.807) is 18.2 Å². The van der Waals surface area contributed by atoms with Crippen molar-refractivity contribution >= 4 is 40.9 Å². The van der Waals surface area contributed by atoms with Crippen molar-refractivity contribution in [3.8, 4) is 6.07 Å². The summed E-state index contributed by atoms with van der Waals surface area (Å²) in [5.74, 6) is 0.366. The fourth-order valence-electron chi connectivity index (χ4n) is 2.13. The van der Waals surface area contributed by atoms with Gasteiger partial charge >= 0.3 is 0 Å². The number of allylic oxidation sites excluding steroid dienone is 1. The maximum absolute atomic E-state index is 11.8. The van der Waals surface area contributed by atoms with Gasteiger partial charge in [0.25, 0.3) is 0 Å². The van der Waals surface area contributed by atoms with Gasteiger partial charge in [-0.05, 0) is 23.4 Å². The summed E-state index contributed by atoms with van der Waals surface area (Å²) in [5.41, 5.74) is 1.32. The van der Waals surface area contributed by atoms with Crippen LogP contribution in [0.2, 0.25) is 10.0 Å². The Morgan fingerprint density at radius 2 is 2.25 bits per heavy atom. The smallest absolute Gasteiger partial charge is 0.225 e. The van der Waals surface area contributed by atoms with Gasteiger partial charge in [0.1, 0.15) is 0 Å². The molecule has 1 aromatic carbocycles. The predicted molar refractivity (Wildman–Crippen MR) is 82.7 cm³/mol. The van der Waals surface area contributed by atoms with Crippen molar-refractivity contribution in [2.75, 3.05) is 5.75 Å². The normalized spacial score (nSPS) is 18.7. The summed E-state index contributed by atoms with van der Waals surface area (Å²) in [5, 5.41) is 13.8. The number of rotatable bonds is 3. The number of nitrogens with one attached hydrogen (secondary N) is 1. The molecule has 0 saturated carbocycles. The highest BCUT2D eigenvalue weighted by Crippen LogP contribution is 2.39. The standard InChI is InChI=1S/C14H12Cl2N2OS/c1-2-20-14-11(7-17)10(6-13(19)18-14)9-4-3-8(15)5-12(9)16/h3-5,10H,2,6H2,1H3,(H,18,19). The highest BCUT2D eigenvalue weighted by molar-refractivity contribution is 8.03. The lowest BCUT2D eigenvalue weighted by atomic mass is 9.87. The molecule has 1 aliphatic rings. The molecule has 1 aromatic rings. The molecule has 0 spiro atoms. The molecule has 104 valence electrons. The van der Waals surface area contributed by atoms with Crippen molar-refractivity contribution in [3.05, 3.63) is 44.4 Å². The largest absolute Gasteiger partial charge is 0.320 e. The number of thioether (sulfide) groups is 1. The number of nitriles is 1. The lowest BCUT2D eigenvalue weighted by molar-refractivity contribution is -0.120. The molecule has 1 aliphatic heterocycles. The first kappa shape index (κ1) is 15.2. The van der Waals surface area contributed by atoms with Gasteiger partial charge in [-0.25, -0.2) is 0 Å². The second-order valence-corrected chi connectivity index (χ2v) is 6.38. The van der Waals surface area contributed by atoms with Crippen molar-refractivity contribution in [1.82, 2.24) is 5.32 Å². The molecule has 1 amide bonds. The number of benzene rings is 1. The first-order valence-electron chi connectivity index (χ1n) is 6.08. The third kappa shape index (κ3) is 3.12. The van der Waals surface area contributed by atoms with Gasteiger partial charge in [0.05, 0.1) is 16.7 Å². The summed E-state index contributed by atoms with van der Waals surface area (Å²) < 4.78 is 0. The van der Waals surface area contributed by atoms with Crippen LogP contribution in [0.1, 0.15) is 24.8 Å². The van der Waals surface area contributed by atoms with Crippen molar-refractivity contribution in [1.29, 1.82) is 5.26 Å². The van der Waals surface area contributed by atoms with E-state index < -0.39 is 0 Å². The summed E-state index contributed by atoms with van der Waals surface area (Å²) in [6, 6.07) is 7.33. The van der Waals surface area contributed by atoms with Crippen LogP contribution in [0.3, 0.4) is 0 Å². The monoisotopic (exact) mass is 326 g/mol. The summed E-state index contributed by atoms with van der Waals surface area (Å²) >= 11 is 13.5. The van der Waals surface area contributed by atoms with Gasteiger partial charge in [0, 0.05) is 22.4 Å². The lowest BCUT2D eigenvalue weighted by Crippen LogP contribution is -2.31. The van der Waals surface area contributed by atoms with Crippen LogP contribution >= 0.6 is 35.0 Å². The fraction of sp³-hybridized carbons (Fsp3) is 0.286. The van der Waals surface area contributed by atoms with E-state index in [9.17, 15) is 10.1 Å². The van der Waals surface area contributed by atoms with E-state index >= 15 is 0 Å². The molecule has 6 heteroatoms. The van der Waals surface area contributed by atoms with Gasteiger partial charge in [-0.1, -0.05) is 36.2 Å². The van der Waals surface area contributed by atoms with Gasteiger partial charge in [-0.3, -0.25) is 4.79 Å². The quantitative estimate of drug-likeness (QED) is 0.910. The van der Waals surface area contributed by atoms with E-state index in [-0.39, 0.29) is 18.2 Å². The number of nitrogens with zero attached hydrogens (tertiary/aromatic N) is 1. The molecule has 0 aromatic heterocycles. The highest BCUT2D eigenvalue weighted by atomic mass is 35.5. The Hall–Kier alpha value is -1.15. The second-order valence-electron chi connectivity index (χ2n) is 4.26. The Morgan fingerprint density at radius 1 is 1.50 bits per heavy atom. The molecular weight excluding hydrogens is 315 g/mol. The van der Waals surface area contributed by atoms with Crippen molar-refractivity contribution in [3.63, 3.8) is 0 Å². The number of hydrogen-bond donors (Lipinski definition) is 1. The van der Waals surface area contributed by atoms with Crippen LogP contribution in [0.4, 0.5) is 0 Å². The molecule has 2 rings (SSSR count). The van der Waals surface area contributed by atoms with Crippen LogP contribution < -0.4 is 5.32 Å². The summed E-state index contributed by atoms with van der Waals surface area (Å²) in [7, 11) is 0. The minimum Gasteiger partial charge on any atom is -0.320 e. The molecule has 1 heterocycles. The molecule has 0 saturated heterocycles. The molecular formula is C14H12Cl2N2OS. The number of halogens is 2. The second kappa shape index (κ2) is 6.53. The molecule has 20 heavy (non-hydrogen) atoms. The van der Waals surface area contributed by atoms with Gasteiger partial charge in [0.15, 0.2) is 0 Å². The fourth-order valence-corrected chi connectivity index (χ4v) is 3.49. The maximum atomic E-state index is 11.8. The van der Waals surface area contributed by atoms with E-state index in [1.807, 2.05) is 6.92 Å². The summed E-state index contributed by atoms with van der Waals surface area (Å²) in [4.78, 5) is 11.8. The molecule has 0 bridgehead atoms. The minimum absolute atomic E-state index is 0.101. The van der Waals surface area contributed by atoms with Crippen LogP contribution in [-0.4, -0.2) is 11.7 Å². The van der Waals surface area contributed by atoms with Gasteiger partial charge < -0.3 is 5.32 Å². The van der Waals surface area contributed by atoms with Crippen LogP contribution in [0.25, 0.3) is 0 Å². The Bertz CT molecular complexity index is 622. The number of carbonyl (C=O) groups excluding carboxylic acids is 1. The first-order chi connectivity index (χ1) is 9.56.